The van der Waals surface area contributed by atoms with E-state index in [1.807, 2.05) is 6.07 Å². The van der Waals surface area contributed by atoms with Crippen LogP contribution in [0.4, 0.5) is 0 Å². The van der Waals surface area contributed by atoms with Crippen molar-refractivity contribution in [1.29, 1.82) is 0 Å². The Morgan fingerprint density at radius 1 is 1.10 bits per heavy atom. The zero-order valence-electron chi connectivity index (χ0n) is 23.9. The van der Waals surface area contributed by atoms with Crippen molar-refractivity contribution in [3.8, 4) is 0 Å². The van der Waals surface area contributed by atoms with E-state index < -0.39 is 53.8 Å². The van der Waals surface area contributed by atoms with Gasteiger partial charge in [-0.3, -0.25) is 0 Å². The van der Waals surface area contributed by atoms with Crippen LogP contribution in [0, 0.1) is 5.41 Å². The molecule has 2 aliphatic rings. The summed E-state index contributed by atoms with van der Waals surface area (Å²) < 4.78 is 17.6. The first-order valence-corrected chi connectivity index (χ1v) is 14.0. The monoisotopic (exact) mass is 576 g/mol. The first-order chi connectivity index (χ1) is 19.4. The van der Waals surface area contributed by atoms with Crippen molar-refractivity contribution in [2.24, 2.45) is 5.41 Å². The van der Waals surface area contributed by atoms with Crippen LogP contribution in [0.2, 0.25) is 0 Å². The fourth-order valence-corrected chi connectivity index (χ4v) is 5.18. The standard InChI is InChI=1S/C31H44O10/c1-20(34)27(35)18-25-17-23(11-14-33)28(36)31(38,41-25)30(2,3)12-9-24-15-21(10-13-32)16-26(40-24)19-39-29(37)22-7-5-4-6-8-22/h4-12,20,24-28,32-36,38H,13-19H2,1-3H3/b12-9+,21-10+,23-11+/t20-,24+,25+,26+,27-,28+,31-/m1/s1. The molecular weight excluding hydrogens is 532 g/mol. The molecule has 0 radical (unpaired) electrons. The molecule has 0 spiro atoms. The van der Waals surface area contributed by atoms with Gasteiger partial charge in [0.1, 0.15) is 12.7 Å². The Hall–Kier alpha value is -2.41. The van der Waals surface area contributed by atoms with E-state index in [9.17, 15) is 35.4 Å². The van der Waals surface area contributed by atoms with Crippen LogP contribution in [0.25, 0.3) is 0 Å². The molecule has 41 heavy (non-hydrogen) atoms. The molecule has 0 saturated carbocycles. The van der Waals surface area contributed by atoms with Gasteiger partial charge >= 0.3 is 5.97 Å². The Morgan fingerprint density at radius 2 is 1.78 bits per heavy atom. The number of ether oxygens (including phenoxy) is 3. The second-order valence-electron chi connectivity index (χ2n) is 11.3. The van der Waals surface area contributed by atoms with E-state index in [2.05, 4.69) is 0 Å². The van der Waals surface area contributed by atoms with E-state index in [1.165, 1.54) is 13.0 Å². The molecule has 0 aromatic heterocycles. The highest BCUT2D eigenvalue weighted by atomic mass is 16.6. The van der Waals surface area contributed by atoms with Gasteiger partial charge < -0.3 is 44.8 Å². The van der Waals surface area contributed by atoms with Gasteiger partial charge in [-0.1, -0.05) is 61.9 Å². The molecule has 7 atom stereocenters. The summed E-state index contributed by atoms with van der Waals surface area (Å²) in [4.78, 5) is 12.4. The molecule has 2 heterocycles. The van der Waals surface area contributed by atoms with Crippen LogP contribution >= 0.6 is 0 Å². The molecule has 10 nitrogen and oxygen atoms in total. The largest absolute Gasteiger partial charge is 0.459 e. The summed E-state index contributed by atoms with van der Waals surface area (Å²) in [7, 11) is 0. The van der Waals surface area contributed by atoms with Crippen LogP contribution in [0.15, 0.2) is 65.8 Å². The van der Waals surface area contributed by atoms with E-state index >= 15 is 0 Å². The van der Waals surface area contributed by atoms with Gasteiger partial charge in [0.05, 0.1) is 49.3 Å². The van der Waals surface area contributed by atoms with Crippen molar-refractivity contribution in [2.45, 2.75) is 88.9 Å². The summed E-state index contributed by atoms with van der Waals surface area (Å²) in [5, 5.41) is 61.8. The first-order valence-electron chi connectivity index (χ1n) is 14.0. The lowest BCUT2D eigenvalue weighted by molar-refractivity contribution is -0.325. The average molecular weight is 577 g/mol. The van der Waals surface area contributed by atoms with Crippen molar-refractivity contribution < 1.29 is 49.6 Å². The van der Waals surface area contributed by atoms with E-state index in [0.717, 1.165) is 5.57 Å². The van der Waals surface area contributed by atoms with E-state index in [4.69, 9.17) is 14.2 Å². The van der Waals surface area contributed by atoms with Crippen molar-refractivity contribution in [2.75, 3.05) is 19.8 Å². The highest BCUT2D eigenvalue weighted by Crippen LogP contribution is 2.45. The molecule has 2 aliphatic heterocycles. The minimum Gasteiger partial charge on any atom is -0.459 e. The Balaban J connectivity index is 1.77. The van der Waals surface area contributed by atoms with Crippen LogP contribution < -0.4 is 0 Å². The Labute approximate surface area is 241 Å². The quantitative estimate of drug-likeness (QED) is 0.169. The van der Waals surface area contributed by atoms with Gasteiger partial charge in [-0.15, -0.1) is 0 Å². The normalized spacial score (nSPS) is 31.0. The number of carbonyl (C=O) groups is 1. The molecule has 0 bridgehead atoms. The highest BCUT2D eigenvalue weighted by molar-refractivity contribution is 5.89. The van der Waals surface area contributed by atoms with E-state index in [0.29, 0.717) is 24.0 Å². The molecule has 2 fully saturated rings. The molecule has 0 aliphatic carbocycles. The molecule has 1 aromatic rings. The number of hydrogen-bond acceptors (Lipinski definition) is 10. The van der Waals surface area contributed by atoms with Gasteiger partial charge in [-0.25, -0.2) is 4.79 Å². The van der Waals surface area contributed by atoms with Crippen molar-refractivity contribution in [1.82, 2.24) is 0 Å². The fraction of sp³-hybridized carbons (Fsp3) is 0.581. The summed E-state index contributed by atoms with van der Waals surface area (Å²) in [6.07, 6.45) is 2.41. The molecule has 0 amide bonds. The third-order valence-electron chi connectivity index (χ3n) is 7.71. The smallest absolute Gasteiger partial charge is 0.338 e. The van der Waals surface area contributed by atoms with Crippen LogP contribution in [-0.4, -0.2) is 98.8 Å². The van der Waals surface area contributed by atoms with E-state index in [1.54, 1.807) is 56.3 Å². The third kappa shape index (κ3) is 8.56. The Morgan fingerprint density at radius 3 is 2.41 bits per heavy atom. The van der Waals surface area contributed by atoms with Crippen LogP contribution in [0.5, 0.6) is 0 Å². The lowest BCUT2D eigenvalue weighted by Crippen LogP contribution is -2.60. The van der Waals surface area contributed by atoms with Gasteiger partial charge in [0.25, 0.3) is 0 Å². The predicted molar refractivity (Wildman–Crippen MR) is 151 cm³/mol. The Bertz CT molecular complexity index is 1080. The van der Waals surface area contributed by atoms with Gasteiger partial charge in [-0.05, 0) is 43.9 Å². The number of aliphatic hydroxyl groups excluding tert-OH is 5. The van der Waals surface area contributed by atoms with Crippen molar-refractivity contribution >= 4 is 5.97 Å². The maximum absolute atomic E-state index is 12.4. The van der Waals surface area contributed by atoms with Crippen molar-refractivity contribution in [3.63, 3.8) is 0 Å². The summed E-state index contributed by atoms with van der Waals surface area (Å²) in [5.41, 5.74) is 0.542. The summed E-state index contributed by atoms with van der Waals surface area (Å²) >= 11 is 0. The van der Waals surface area contributed by atoms with Gasteiger partial charge in [0, 0.05) is 11.8 Å². The summed E-state index contributed by atoms with van der Waals surface area (Å²) in [5.74, 6) is -2.59. The average Bonchev–Trinajstić information content (AvgIpc) is 2.94. The maximum atomic E-state index is 12.4. The minimum absolute atomic E-state index is 0.0125. The molecule has 3 rings (SSSR count). The number of aliphatic hydroxyl groups is 6. The molecule has 0 unspecified atom stereocenters. The molecule has 228 valence electrons. The Kier molecular flexibility index (Phi) is 11.8. The summed E-state index contributed by atoms with van der Waals surface area (Å²) in [6, 6.07) is 8.64. The fourth-order valence-electron chi connectivity index (χ4n) is 5.18. The van der Waals surface area contributed by atoms with Crippen LogP contribution in [-0.2, 0) is 14.2 Å². The first kappa shape index (κ1) is 33.1. The van der Waals surface area contributed by atoms with Crippen LogP contribution in [0.3, 0.4) is 0 Å². The molecule has 6 N–H and O–H groups in total. The van der Waals surface area contributed by atoms with Gasteiger partial charge in [-0.2, -0.15) is 0 Å². The highest BCUT2D eigenvalue weighted by Gasteiger charge is 2.54. The topological polar surface area (TPSA) is 166 Å². The number of hydrogen-bond donors (Lipinski definition) is 6. The van der Waals surface area contributed by atoms with Crippen LogP contribution in [0.1, 0.15) is 56.8 Å². The zero-order valence-corrected chi connectivity index (χ0v) is 23.9. The predicted octanol–water partition coefficient (Wildman–Crippen LogP) is 1.78. The molecular formula is C31H44O10. The molecule has 1 aromatic carbocycles. The number of carbonyl (C=O) groups excluding carboxylic acids is 1. The number of rotatable bonds is 11. The zero-order chi connectivity index (χ0) is 30.2. The molecule has 10 heteroatoms. The van der Waals surface area contributed by atoms with E-state index in [-0.39, 0.29) is 32.7 Å². The minimum atomic E-state index is -2.13. The lowest BCUT2D eigenvalue weighted by Gasteiger charge is -2.50. The SMILES string of the molecule is C[C@@H](O)[C@H](O)C[C@@H]1C/C(=C\CO)[C@H](O)[C@](O)(C(C)(C)/C=C/[C@H]2C/C(=C\CO)C[C@@H](COC(=O)c3ccccc3)O2)O1. The summed E-state index contributed by atoms with van der Waals surface area (Å²) in [6.45, 7) is 4.33. The second kappa shape index (κ2) is 14.7. The second-order valence-corrected chi connectivity index (χ2v) is 11.3. The maximum Gasteiger partial charge on any atom is 0.338 e. The molecule has 2 saturated heterocycles. The number of benzene rings is 1. The number of esters is 1. The van der Waals surface area contributed by atoms with Gasteiger partial charge in [0.2, 0.25) is 5.79 Å². The third-order valence-corrected chi connectivity index (χ3v) is 7.71. The van der Waals surface area contributed by atoms with Crippen molar-refractivity contribution in [3.05, 3.63) is 71.3 Å². The lowest BCUT2D eigenvalue weighted by atomic mass is 9.74. The van der Waals surface area contributed by atoms with Gasteiger partial charge in [0.15, 0.2) is 0 Å².